The third-order valence-electron chi connectivity index (χ3n) is 4.59. The number of nitrogens with one attached hydrogen (secondary N) is 2. The van der Waals surface area contributed by atoms with E-state index in [1.54, 1.807) is 0 Å². The molecule has 2 atom stereocenters. The summed E-state index contributed by atoms with van der Waals surface area (Å²) < 4.78 is 0. The SMILES string of the molecule is c1ccc(CN[C@@H]2CCCC[C@H]2NCc2ccccc2)cc1. The van der Waals surface area contributed by atoms with Crippen molar-refractivity contribution in [3.63, 3.8) is 0 Å². The molecule has 2 aromatic rings. The minimum atomic E-state index is 0.581. The number of hydrogen-bond donors (Lipinski definition) is 2. The van der Waals surface area contributed by atoms with Crippen LogP contribution in [0, 0.1) is 0 Å². The maximum atomic E-state index is 3.76. The van der Waals surface area contributed by atoms with Gasteiger partial charge in [0.1, 0.15) is 0 Å². The maximum absolute atomic E-state index is 3.76. The molecule has 116 valence electrons. The minimum absolute atomic E-state index is 0.581. The Morgan fingerprint density at radius 1 is 0.636 bits per heavy atom. The van der Waals surface area contributed by atoms with E-state index in [1.165, 1.54) is 36.8 Å². The van der Waals surface area contributed by atoms with Crippen LogP contribution >= 0.6 is 0 Å². The molecule has 1 saturated carbocycles. The predicted octanol–water partition coefficient (Wildman–Crippen LogP) is 3.88. The van der Waals surface area contributed by atoms with E-state index in [4.69, 9.17) is 0 Å². The van der Waals surface area contributed by atoms with Crippen LogP contribution in [0.2, 0.25) is 0 Å². The zero-order valence-electron chi connectivity index (χ0n) is 13.2. The molecule has 0 aliphatic heterocycles. The summed E-state index contributed by atoms with van der Waals surface area (Å²) in [6.45, 7) is 1.93. The lowest BCUT2D eigenvalue weighted by molar-refractivity contribution is 0.281. The molecule has 0 aromatic heterocycles. The zero-order valence-corrected chi connectivity index (χ0v) is 13.2. The van der Waals surface area contributed by atoms with Gasteiger partial charge in [0.05, 0.1) is 0 Å². The molecule has 0 heterocycles. The van der Waals surface area contributed by atoms with Gasteiger partial charge in [0.25, 0.3) is 0 Å². The highest BCUT2D eigenvalue weighted by atomic mass is 15.0. The van der Waals surface area contributed by atoms with Gasteiger partial charge in [-0.05, 0) is 24.0 Å². The van der Waals surface area contributed by atoms with Crippen molar-refractivity contribution >= 4 is 0 Å². The van der Waals surface area contributed by atoms with E-state index in [0.717, 1.165) is 13.1 Å². The largest absolute Gasteiger partial charge is 0.308 e. The van der Waals surface area contributed by atoms with Gasteiger partial charge >= 0.3 is 0 Å². The molecular formula is C20H26N2. The number of benzene rings is 2. The second-order valence-corrected chi connectivity index (χ2v) is 6.23. The zero-order chi connectivity index (χ0) is 15.0. The first kappa shape index (κ1) is 15.3. The van der Waals surface area contributed by atoms with Crippen LogP contribution in [-0.2, 0) is 13.1 Å². The average Bonchev–Trinajstić information content (AvgIpc) is 2.61. The molecule has 22 heavy (non-hydrogen) atoms. The standard InChI is InChI=1S/C20H26N2/c1-3-9-17(10-4-1)15-21-19-13-7-8-14-20(19)22-16-18-11-5-2-6-12-18/h1-6,9-12,19-22H,7-8,13-16H2/t19-,20-/m1/s1. The summed E-state index contributed by atoms with van der Waals surface area (Å²) in [5, 5.41) is 7.52. The Labute approximate surface area is 134 Å². The lowest BCUT2D eigenvalue weighted by atomic mass is 9.90. The molecule has 2 nitrogen and oxygen atoms in total. The average molecular weight is 294 g/mol. The summed E-state index contributed by atoms with van der Waals surface area (Å²) in [4.78, 5) is 0. The maximum Gasteiger partial charge on any atom is 0.0224 e. The molecule has 1 fully saturated rings. The van der Waals surface area contributed by atoms with Gasteiger partial charge in [0.15, 0.2) is 0 Å². The third kappa shape index (κ3) is 4.43. The molecule has 0 radical (unpaired) electrons. The van der Waals surface area contributed by atoms with Crippen molar-refractivity contribution in [2.75, 3.05) is 0 Å². The smallest absolute Gasteiger partial charge is 0.0224 e. The second kappa shape index (κ2) is 8.11. The molecule has 0 spiro atoms. The molecule has 2 N–H and O–H groups in total. The molecule has 0 amide bonds. The van der Waals surface area contributed by atoms with Crippen LogP contribution in [0.15, 0.2) is 60.7 Å². The summed E-state index contributed by atoms with van der Waals surface area (Å²) in [6.07, 6.45) is 5.24. The van der Waals surface area contributed by atoms with Gasteiger partial charge in [0.2, 0.25) is 0 Å². The molecule has 0 unspecified atom stereocenters. The summed E-state index contributed by atoms with van der Waals surface area (Å²) in [5.41, 5.74) is 2.74. The quantitative estimate of drug-likeness (QED) is 0.845. The monoisotopic (exact) mass is 294 g/mol. The first-order valence-corrected chi connectivity index (χ1v) is 8.46. The van der Waals surface area contributed by atoms with Crippen LogP contribution in [0.25, 0.3) is 0 Å². The normalized spacial score (nSPS) is 21.6. The van der Waals surface area contributed by atoms with Gasteiger partial charge in [-0.2, -0.15) is 0 Å². The number of rotatable bonds is 6. The van der Waals surface area contributed by atoms with Crippen LogP contribution in [0.1, 0.15) is 36.8 Å². The molecule has 1 aliphatic rings. The van der Waals surface area contributed by atoms with E-state index < -0.39 is 0 Å². The fraction of sp³-hybridized carbons (Fsp3) is 0.400. The molecule has 0 bridgehead atoms. The fourth-order valence-corrected chi connectivity index (χ4v) is 3.31. The van der Waals surface area contributed by atoms with Crippen molar-refractivity contribution in [2.45, 2.75) is 50.9 Å². The Bertz CT molecular complexity index is 487. The topological polar surface area (TPSA) is 24.1 Å². The van der Waals surface area contributed by atoms with Gasteiger partial charge in [-0.15, -0.1) is 0 Å². The van der Waals surface area contributed by atoms with Crippen LogP contribution in [0.3, 0.4) is 0 Å². The van der Waals surface area contributed by atoms with Crippen LogP contribution in [0.4, 0.5) is 0 Å². The molecule has 0 saturated heterocycles. The van der Waals surface area contributed by atoms with Crippen molar-refractivity contribution in [3.8, 4) is 0 Å². The summed E-state index contributed by atoms with van der Waals surface area (Å²) in [7, 11) is 0. The fourth-order valence-electron chi connectivity index (χ4n) is 3.31. The van der Waals surface area contributed by atoms with E-state index in [2.05, 4.69) is 71.3 Å². The lowest BCUT2D eigenvalue weighted by Crippen LogP contribution is -2.49. The first-order valence-electron chi connectivity index (χ1n) is 8.46. The Morgan fingerprint density at radius 2 is 1.05 bits per heavy atom. The molecule has 1 aliphatic carbocycles. The molecule has 2 heteroatoms. The Hall–Kier alpha value is -1.64. The second-order valence-electron chi connectivity index (χ2n) is 6.23. The molecular weight excluding hydrogens is 268 g/mol. The van der Waals surface area contributed by atoms with Crippen molar-refractivity contribution in [3.05, 3.63) is 71.8 Å². The molecule has 3 rings (SSSR count). The van der Waals surface area contributed by atoms with Gasteiger partial charge in [-0.25, -0.2) is 0 Å². The van der Waals surface area contributed by atoms with Gasteiger partial charge in [0, 0.05) is 25.2 Å². The van der Waals surface area contributed by atoms with Crippen LogP contribution < -0.4 is 10.6 Å². The van der Waals surface area contributed by atoms with Crippen molar-refractivity contribution in [2.24, 2.45) is 0 Å². The number of hydrogen-bond acceptors (Lipinski definition) is 2. The van der Waals surface area contributed by atoms with Gasteiger partial charge in [-0.1, -0.05) is 73.5 Å². The van der Waals surface area contributed by atoms with Crippen molar-refractivity contribution in [1.82, 2.24) is 10.6 Å². The highest BCUT2D eigenvalue weighted by molar-refractivity contribution is 5.15. The lowest BCUT2D eigenvalue weighted by Gasteiger charge is -2.33. The predicted molar refractivity (Wildman–Crippen MR) is 92.6 cm³/mol. The summed E-state index contributed by atoms with van der Waals surface area (Å²) in [6, 6.07) is 22.6. The van der Waals surface area contributed by atoms with E-state index in [9.17, 15) is 0 Å². The third-order valence-corrected chi connectivity index (χ3v) is 4.59. The van der Waals surface area contributed by atoms with Crippen LogP contribution in [0.5, 0.6) is 0 Å². The minimum Gasteiger partial charge on any atom is -0.308 e. The Kier molecular flexibility index (Phi) is 5.63. The first-order chi connectivity index (χ1) is 10.9. The van der Waals surface area contributed by atoms with E-state index >= 15 is 0 Å². The van der Waals surface area contributed by atoms with Crippen molar-refractivity contribution < 1.29 is 0 Å². The van der Waals surface area contributed by atoms with Crippen LogP contribution in [-0.4, -0.2) is 12.1 Å². The highest BCUT2D eigenvalue weighted by Gasteiger charge is 2.23. The Morgan fingerprint density at radius 3 is 1.45 bits per heavy atom. The Balaban J connectivity index is 1.52. The van der Waals surface area contributed by atoms with Gasteiger partial charge < -0.3 is 10.6 Å². The van der Waals surface area contributed by atoms with E-state index in [-0.39, 0.29) is 0 Å². The summed E-state index contributed by atoms with van der Waals surface area (Å²) >= 11 is 0. The molecule has 2 aromatic carbocycles. The summed E-state index contributed by atoms with van der Waals surface area (Å²) in [5.74, 6) is 0. The van der Waals surface area contributed by atoms with E-state index in [0.29, 0.717) is 12.1 Å². The van der Waals surface area contributed by atoms with Gasteiger partial charge in [-0.3, -0.25) is 0 Å². The van der Waals surface area contributed by atoms with Crippen molar-refractivity contribution in [1.29, 1.82) is 0 Å². The highest BCUT2D eigenvalue weighted by Crippen LogP contribution is 2.19. The van der Waals surface area contributed by atoms with E-state index in [1.807, 2.05) is 0 Å².